The van der Waals surface area contributed by atoms with E-state index in [2.05, 4.69) is 15.9 Å². The fourth-order valence-corrected chi connectivity index (χ4v) is 3.59. The zero-order valence-corrected chi connectivity index (χ0v) is 16.0. The molecule has 0 fully saturated rings. The summed E-state index contributed by atoms with van der Waals surface area (Å²) in [5, 5.41) is 0.186. The number of nitrogens with one attached hydrogen (secondary N) is 1. The summed E-state index contributed by atoms with van der Waals surface area (Å²) in [5.74, 6) is -1.80. The molecule has 0 spiro atoms. The van der Waals surface area contributed by atoms with Crippen molar-refractivity contribution in [1.82, 2.24) is 4.72 Å². The normalized spacial score (nSPS) is 12.1. The maximum Gasteiger partial charge on any atom is 0.416 e. The summed E-state index contributed by atoms with van der Waals surface area (Å²) in [6.45, 7) is 0. The highest BCUT2D eigenvalue weighted by Gasteiger charge is 2.31. The number of halogens is 4. The molecule has 3 rings (SSSR count). The summed E-state index contributed by atoms with van der Waals surface area (Å²) in [6, 6.07) is 7.89. The predicted octanol–water partition coefficient (Wildman–Crippen LogP) is 3.69. The van der Waals surface area contributed by atoms with E-state index in [0.29, 0.717) is 28.7 Å². The van der Waals surface area contributed by atoms with Gasteiger partial charge in [-0.3, -0.25) is 9.59 Å². The molecule has 0 aliphatic carbocycles. The Balaban J connectivity index is 1.91. The lowest BCUT2D eigenvalue weighted by Gasteiger charge is -2.09. The van der Waals surface area contributed by atoms with Crippen LogP contribution in [0.25, 0.3) is 11.0 Å². The van der Waals surface area contributed by atoms with Gasteiger partial charge in [0.05, 0.1) is 15.8 Å². The molecule has 11 heteroatoms. The molecule has 0 bridgehead atoms. The van der Waals surface area contributed by atoms with Crippen LogP contribution >= 0.6 is 15.9 Å². The van der Waals surface area contributed by atoms with Crippen molar-refractivity contribution in [2.75, 3.05) is 0 Å². The van der Waals surface area contributed by atoms with Gasteiger partial charge in [0.1, 0.15) is 5.58 Å². The number of carbonyl (C=O) groups excluding carboxylic acids is 1. The molecule has 0 saturated heterocycles. The summed E-state index contributed by atoms with van der Waals surface area (Å²) >= 11 is 3.18. The molecule has 1 N–H and O–H groups in total. The van der Waals surface area contributed by atoms with Crippen molar-refractivity contribution in [2.45, 2.75) is 11.1 Å². The average molecular weight is 476 g/mol. The molecule has 2 aromatic carbocycles. The van der Waals surface area contributed by atoms with Crippen LogP contribution in [0.1, 0.15) is 16.1 Å². The standard InChI is InChI=1S/C17H9BrF3NO5S/c18-10-3-6-12-13(23)8-15(27-14(12)7-10)16(24)22-28(25,26)11-4-1-9(2-5-11)17(19,20)21/h1-8H,(H,22,24). The molecule has 0 atom stereocenters. The Hall–Kier alpha value is -2.66. The number of rotatable bonds is 3. The van der Waals surface area contributed by atoms with Crippen molar-refractivity contribution < 1.29 is 30.8 Å². The summed E-state index contributed by atoms with van der Waals surface area (Å²) < 4.78 is 69.7. The first kappa shape index (κ1) is 20.1. The molecule has 0 aliphatic rings. The molecule has 0 saturated carbocycles. The SMILES string of the molecule is O=C(NS(=O)(=O)c1ccc(C(F)(F)F)cc1)c1cc(=O)c2ccc(Br)cc2o1. The van der Waals surface area contributed by atoms with Crippen LogP contribution in [-0.2, 0) is 16.2 Å². The van der Waals surface area contributed by atoms with Crippen LogP contribution in [0.5, 0.6) is 0 Å². The average Bonchev–Trinajstić information content (AvgIpc) is 2.60. The van der Waals surface area contributed by atoms with E-state index in [1.807, 2.05) is 0 Å². The van der Waals surface area contributed by atoms with Crippen LogP contribution in [0.15, 0.2) is 67.1 Å². The lowest BCUT2D eigenvalue weighted by molar-refractivity contribution is -0.137. The Morgan fingerprint density at radius 3 is 2.29 bits per heavy atom. The number of hydrogen-bond acceptors (Lipinski definition) is 5. The third kappa shape index (κ3) is 4.09. The fourth-order valence-electron chi connectivity index (χ4n) is 2.30. The highest BCUT2D eigenvalue weighted by molar-refractivity contribution is 9.10. The first-order valence-electron chi connectivity index (χ1n) is 7.45. The molecule has 0 aliphatic heterocycles. The summed E-state index contributed by atoms with van der Waals surface area (Å²) in [4.78, 5) is 23.7. The van der Waals surface area contributed by atoms with E-state index >= 15 is 0 Å². The van der Waals surface area contributed by atoms with Crippen molar-refractivity contribution in [2.24, 2.45) is 0 Å². The lowest BCUT2D eigenvalue weighted by Crippen LogP contribution is -2.31. The number of hydrogen-bond donors (Lipinski definition) is 1. The molecule has 6 nitrogen and oxygen atoms in total. The van der Waals surface area contributed by atoms with E-state index in [9.17, 15) is 31.2 Å². The van der Waals surface area contributed by atoms with Crippen LogP contribution in [0.3, 0.4) is 0 Å². The molecule has 0 unspecified atom stereocenters. The van der Waals surface area contributed by atoms with Crippen molar-refractivity contribution in [3.63, 3.8) is 0 Å². The zero-order chi connectivity index (χ0) is 20.7. The van der Waals surface area contributed by atoms with Crippen LogP contribution in [0, 0.1) is 0 Å². The Morgan fingerprint density at radius 1 is 1.04 bits per heavy atom. The molecular weight excluding hydrogens is 467 g/mol. The number of carbonyl (C=O) groups is 1. The lowest BCUT2D eigenvalue weighted by atomic mass is 10.2. The number of amides is 1. The number of benzene rings is 2. The van der Waals surface area contributed by atoms with Crippen LogP contribution < -0.4 is 10.2 Å². The van der Waals surface area contributed by atoms with E-state index in [-0.39, 0.29) is 11.0 Å². The van der Waals surface area contributed by atoms with Gasteiger partial charge in [0.2, 0.25) is 0 Å². The van der Waals surface area contributed by atoms with Gasteiger partial charge in [0.15, 0.2) is 11.2 Å². The molecule has 28 heavy (non-hydrogen) atoms. The van der Waals surface area contributed by atoms with Gasteiger partial charge in [-0.2, -0.15) is 13.2 Å². The van der Waals surface area contributed by atoms with E-state index in [1.165, 1.54) is 12.1 Å². The first-order chi connectivity index (χ1) is 13.0. The number of fused-ring (bicyclic) bond motifs is 1. The van der Waals surface area contributed by atoms with Gasteiger partial charge in [-0.25, -0.2) is 13.1 Å². The van der Waals surface area contributed by atoms with Crippen molar-refractivity contribution in [3.05, 3.63) is 74.6 Å². The molecule has 1 amide bonds. The van der Waals surface area contributed by atoms with Crippen LogP contribution in [0.2, 0.25) is 0 Å². The number of alkyl halides is 3. The molecule has 3 aromatic rings. The maximum absolute atomic E-state index is 12.6. The summed E-state index contributed by atoms with van der Waals surface area (Å²) in [7, 11) is -4.48. The Morgan fingerprint density at radius 2 is 1.68 bits per heavy atom. The van der Waals surface area contributed by atoms with Crippen LogP contribution in [-0.4, -0.2) is 14.3 Å². The minimum Gasteiger partial charge on any atom is -0.451 e. The Kier molecular flexibility index (Phi) is 5.06. The molecule has 146 valence electrons. The van der Waals surface area contributed by atoms with Crippen molar-refractivity contribution in [3.8, 4) is 0 Å². The highest BCUT2D eigenvalue weighted by atomic mass is 79.9. The first-order valence-corrected chi connectivity index (χ1v) is 9.73. The second-order valence-corrected chi connectivity index (χ2v) is 8.17. The van der Waals surface area contributed by atoms with E-state index in [4.69, 9.17) is 4.42 Å². The minimum atomic E-state index is -4.63. The summed E-state index contributed by atoms with van der Waals surface area (Å²) in [5.41, 5.74) is -1.55. The van der Waals surface area contributed by atoms with Gasteiger partial charge in [0, 0.05) is 10.5 Å². The number of sulfonamides is 1. The van der Waals surface area contributed by atoms with E-state index in [1.54, 1.807) is 10.8 Å². The van der Waals surface area contributed by atoms with E-state index < -0.39 is 43.8 Å². The van der Waals surface area contributed by atoms with Gasteiger partial charge in [0.25, 0.3) is 10.0 Å². The molecule has 0 radical (unpaired) electrons. The monoisotopic (exact) mass is 475 g/mol. The second kappa shape index (κ2) is 7.06. The van der Waals surface area contributed by atoms with Crippen molar-refractivity contribution in [1.29, 1.82) is 0 Å². The van der Waals surface area contributed by atoms with Gasteiger partial charge in [-0.1, -0.05) is 15.9 Å². The van der Waals surface area contributed by atoms with Crippen molar-refractivity contribution >= 4 is 42.8 Å². The quantitative estimate of drug-likeness (QED) is 0.623. The highest BCUT2D eigenvalue weighted by Crippen LogP contribution is 2.29. The van der Waals surface area contributed by atoms with E-state index in [0.717, 1.165) is 6.07 Å². The predicted molar refractivity (Wildman–Crippen MR) is 96.3 cm³/mol. The maximum atomic E-state index is 12.6. The molecule has 1 heterocycles. The second-order valence-electron chi connectivity index (χ2n) is 5.57. The van der Waals surface area contributed by atoms with Gasteiger partial charge in [-0.05, 0) is 42.5 Å². The molecular formula is C17H9BrF3NO5S. The summed E-state index contributed by atoms with van der Waals surface area (Å²) in [6.07, 6.45) is -4.63. The third-order valence-electron chi connectivity index (χ3n) is 3.63. The Labute approximate surface area is 164 Å². The minimum absolute atomic E-state index is 0.0546. The van der Waals surface area contributed by atoms with Gasteiger partial charge < -0.3 is 4.42 Å². The van der Waals surface area contributed by atoms with Gasteiger partial charge in [-0.15, -0.1) is 0 Å². The zero-order valence-electron chi connectivity index (χ0n) is 13.6. The Bertz CT molecular complexity index is 1230. The smallest absolute Gasteiger partial charge is 0.416 e. The topological polar surface area (TPSA) is 93.5 Å². The largest absolute Gasteiger partial charge is 0.451 e. The third-order valence-corrected chi connectivity index (χ3v) is 5.47. The fraction of sp³-hybridized carbons (Fsp3) is 0.0588. The molecule has 1 aromatic heterocycles. The van der Waals surface area contributed by atoms with Crippen LogP contribution in [0.4, 0.5) is 13.2 Å². The van der Waals surface area contributed by atoms with Gasteiger partial charge >= 0.3 is 12.1 Å².